The van der Waals surface area contributed by atoms with E-state index in [9.17, 15) is 0 Å². The van der Waals surface area contributed by atoms with Crippen molar-refractivity contribution in [2.24, 2.45) is 5.73 Å². The summed E-state index contributed by atoms with van der Waals surface area (Å²) in [5, 5.41) is 11.3. The van der Waals surface area contributed by atoms with Crippen LogP contribution >= 0.6 is 0 Å². The largest absolute Gasteiger partial charge is 0.376 e. The van der Waals surface area contributed by atoms with Crippen molar-refractivity contribution in [1.29, 1.82) is 0 Å². The zero-order valence-corrected chi connectivity index (χ0v) is 8.09. The van der Waals surface area contributed by atoms with Crippen LogP contribution in [-0.2, 0) is 17.8 Å². The van der Waals surface area contributed by atoms with Gasteiger partial charge in [-0.15, -0.1) is 5.10 Å². The molecule has 1 unspecified atom stereocenters. The van der Waals surface area contributed by atoms with Gasteiger partial charge in [-0.2, -0.15) is 0 Å². The maximum absolute atomic E-state index is 5.59. The van der Waals surface area contributed by atoms with Crippen molar-refractivity contribution in [3.8, 4) is 0 Å². The van der Waals surface area contributed by atoms with Crippen molar-refractivity contribution in [2.45, 2.75) is 38.5 Å². The molecule has 2 heterocycles. The fourth-order valence-electron chi connectivity index (χ4n) is 1.66. The SMILES string of the molecule is NCc1nnnn1CC1CCCCO1. The summed E-state index contributed by atoms with van der Waals surface area (Å²) in [6.07, 6.45) is 3.72. The first-order chi connectivity index (χ1) is 6.90. The molecule has 1 atom stereocenters. The maximum atomic E-state index is 5.59. The number of hydrogen-bond donors (Lipinski definition) is 1. The molecule has 0 amide bonds. The molecule has 2 rings (SSSR count). The molecule has 1 aromatic heterocycles. The highest BCUT2D eigenvalue weighted by molar-refractivity contribution is 4.79. The van der Waals surface area contributed by atoms with Gasteiger partial charge in [-0.1, -0.05) is 0 Å². The second-order valence-electron chi connectivity index (χ2n) is 3.47. The Kier molecular flexibility index (Phi) is 3.05. The highest BCUT2D eigenvalue weighted by Crippen LogP contribution is 2.14. The molecule has 0 saturated carbocycles. The number of hydrogen-bond acceptors (Lipinski definition) is 5. The normalized spacial score (nSPS) is 22.5. The third kappa shape index (κ3) is 2.08. The van der Waals surface area contributed by atoms with E-state index in [-0.39, 0.29) is 6.10 Å². The molecular weight excluding hydrogens is 182 g/mol. The number of ether oxygens (including phenoxy) is 1. The van der Waals surface area contributed by atoms with Gasteiger partial charge in [0.2, 0.25) is 0 Å². The Bertz CT molecular complexity index is 281. The van der Waals surface area contributed by atoms with Gasteiger partial charge < -0.3 is 10.5 Å². The van der Waals surface area contributed by atoms with Crippen LogP contribution in [0.3, 0.4) is 0 Å². The highest BCUT2D eigenvalue weighted by Gasteiger charge is 2.16. The van der Waals surface area contributed by atoms with Gasteiger partial charge in [0.1, 0.15) is 0 Å². The van der Waals surface area contributed by atoms with Crippen LogP contribution in [0.15, 0.2) is 0 Å². The molecule has 0 aromatic carbocycles. The first kappa shape index (κ1) is 9.54. The minimum absolute atomic E-state index is 0.248. The molecule has 1 aliphatic heterocycles. The summed E-state index contributed by atoms with van der Waals surface area (Å²) in [4.78, 5) is 0. The van der Waals surface area contributed by atoms with Crippen LogP contribution in [0.4, 0.5) is 0 Å². The summed E-state index contributed by atoms with van der Waals surface area (Å²) in [5.74, 6) is 0.721. The smallest absolute Gasteiger partial charge is 0.164 e. The third-order valence-electron chi connectivity index (χ3n) is 2.44. The van der Waals surface area contributed by atoms with E-state index in [1.807, 2.05) is 0 Å². The van der Waals surface area contributed by atoms with Crippen molar-refractivity contribution in [1.82, 2.24) is 20.2 Å². The maximum Gasteiger partial charge on any atom is 0.164 e. The van der Waals surface area contributed by atoms with Crippen LogP contribution in [0.5, 0.6) is 0 Å². The van der Waals surface area contributed by atoms with Crippen LogP contribution in [0.1, 0.15) is 25.1 Å². The molecule has 1 fully saturated rings. The van der Waals surface area contributed by atoms with Gasteiger partial charge >= 0.3 is 0 Å². The number of rotatable bonds is 3. The van der Waals surface area contributed by atoms with Gasteiger partial charge in [-0.3, -0.25) is 0 Å². The van der Waals surface area contributed by atoms with E-state index in [1.54, 1.807) is 4.68 Å². The summed E-state index contributed by atoms with van der Waals surface area (Å²) in [6.45, 7) is 1.95. The van der Waals surface area contributed by atoms with Crippen molar-refractivity contribution in [3.05, 3.63) is 5.82 Å². The van der Waals surface area contributed by atoms with E-state index < -0.39 is 0 Å². The highest BCUT2D eigenvalue weighted by atomic mass is 16.5. The van der Waals surface area contributed by atoms with E-state index in [0.29, 0.717) is 6.54 Å². The lowest BCUT2D eigenvalue weighted by molar-refractivity contribution is 0.00320. The van der Waals surface area contributed by atoms with Crippen LogP contribution in [0.2, 0.25) is 0 Å². The molecule has 1 aliphatic rings. The zero-order valence-electron chi connectivity index (χ0n) is 8.09. The molecule has 1 aromatic rings. The summed E-state index contributed by atoms with van der Waals surface area (Å²) in [5.41, 5.74) is 5.50. The van der Waals surface area contributed by atoms with Crippen molar-refractivity contribution >= 4 is 0 Å². The zero-order chi connectivity index (χ0) is 9.80. The first-order valence-electron chi connectivity index (χ1n) is 4.97. The third-order valence-corrected chi connectivity index (χ3v) is 2.44. The molecule has 0 spiro atoms. The van der Waals surface area contributed by atoms with Gasteiger partial charge in [0.25, 0.3) is 0 Å². The Morgan fingerprint density at radius 1 is 1.50 bits per heavy atom. The molecule has 6 heteroatoms. The van der Waals surface area contributed by atoms with Gasteiger partial charge in [0.15, 0.2) is 5.82 Å². The van der Waals surface area contributed by atoms with E-state index >= 15 is 0 Å². The van der Waals surface area contributed by atoms with Crippen molar-refractivity contribution in [3.63, 3.8) is 0 Å². The summed E-state index contributed by atoms with van der Waals surface area (Å²) >= 11 is 0. The molecule has 6 nitrogen and oxygen atoms in total. The Hall–Kier alpha value is -1.01. The van der Waals surface area contributed by atoms with Crippen molar-refractivity contribution in [2.75, 3.05) is 6.61 Å². The van der Waals surface area contributed by atoms with Crippen LogP contribution in [0, 0.1) is 0 Å². The van der Waals surface area contributed by atoms with E-state index in [1.165, 1.54) is 6.42 Å². The van der Waals surface area contributed by atoms with Gasteiger partial charge in [-0.05, 0) is 29.7 Å². The Balaban J connectivity index is 1.95. The molecule has 1 saturated heterocycles. The van der Waals surface area contributed by atoms with Gasteiger partial charge in [0, 0.05) is 6.61 Å². The van der Waals surface area contributed by atoms with Crippen molar-refractivity contribution < 1.29 is 4.74 Å². The molecule has 2 N–H and O–H groups in total. The molecule has 78 valence electrons. The summed E-state index contributed by atoms with van der Waals surface area (Å²) < 4.78 is 7.33. The number of nitrogens with zero attached hydrogens (tertiary/aromatic N) is 4. The summed E-state index contributed by atoms with van der Waals surface area (Å²) in [7, 11) is 0. The van der Waals surface area contributed by atoms with Gasteiger partial charge in [0.05, 0.1) is 19.2 Å². The lowest BCUT2D eigenvalue weighted by atomic mass is 10.1. The van der Waals surface area contributed by atoms with Crippen LogP contribution in [0.25, 0.3) is 0 Å². The van der Waals surface area contributed by atoms with Crippen LogP contribution < -0.4 is 5.73 Å². The quantitative estimate of drug-likeness (QED) is 0.719. The number of nitrogens with two attached hydrogens (primary N) is 1. The average Bonchev–Trinajstić information content (AvgIpc) is 2.67. The molecule has 0 aliphatic carbocycles. The Morgan fingerprint density at radius 2 is 2.43 bits per heavy atom. The summed E-state index contributed by atoms with van der Waals surface area (Å²) in [6, 6.07) is 0. The minimum atomic E-state index is 0.248. The number of tetrazole rings is 1. The monoisotopic (exact) mass is 197 g/mol. The topological polar surface area (TPSA) is 78.9 Å². The molecule has 0 bridgehead atoms. The lowest BCUT2D eigenvalue weighted by Gasteiger charge is -2.22. The second-order valence-corrected chi connectivity index (χ2v) is 3.47. The van der Waals surface area contributed by atoms with Gasteiger partial charge in [-0.25, -0.2) is 4.68 Å². The fourth-order valence-corrected chi connectivity index (χ4v) is 1.66. The predicted octanol–water partition coefficient (Wildman–Crippen LogP) is -0.299. The standard InChI is InChI=1S/C8H15N5O/c9-5-8-10-11-12-13(8)6-7-3-1-2-4-14-7/h7H,1-6,9H2. The lowest BCUT2D eigenvalue weighted by Crippen LogP contribution is -2.26. The first-order valence-corrected chi connectivity index (χ1v) is 4.97. The van der Waals surface area contributed by atoms with E-state index in [4.69, 9.17) is 10.5 Å². The number of aromatic nitrogens is 4. The fraction of sp³-hybridized carbons (Fsp3) is 0.875. The average molecular weight is 197 g/mol. The molecule has 0 radical (unpaired) electrons. The predicted molar refractivity (Wildman–Crippen MR) is 49.3 cm³/mol. The Morgan fingerprint density at radius 3 is 3.14 bits per heavy atom. The second kappa shape index (κ2) is 4.47. The molecular formula is C8H15N5O. The molecule has 14 heavy (non-hydrogen) atoms. The Labute approximate surface area is 82.4 Å². The van der Waals surface area contributed by atoms with E-state index in [2.05, 4.69) is 15.5 Å². The van der Waals surface area contributed by atoms with E-state index in [0.717, 1.165) is 31.8 Å². The minimum Gasteiger partial charge on any atom is -0.376 e. The van der Waals surface area contributed by atoms with Crippen LogP contribution in [-0.4, -0.2) is 32.9 Å².